The molecule has 2 aromatic rings. The monoisotopic (exact) mass is 274 g/mol. The van der Waals surface area contributed by atoms with E-state index in [0.717, 1.165) is 5.56 Å². The van der Waals surface area contributed by atoms with Gasteiger partial charge in [0, 0.05) is 25.4 Å². The van der Waals surface area contributed by atoms with Crippen LogP contribution in [-0.4, -0.2) is 19.9 Å². The summed E-state index contributed by atoms with van der Waals surface area (Å²) in [7, 11) is -3.44. The van der Waals surface area contributed by atoms with Gasteiger partial charge in [0.05, 0.1) is 4.90 Å². The van der Waals surface area contributed by atoms with Gasteiger partial charge in [0.15, 0.2) is 0 Å². The number of sulfonamides is 1. The van der Waals surface area contributed by atoms with Crippen molar-refractivity contribution in [3.63, 3.8) is 0 Å². The zero-order valence-electron chi connectivity index (χ0n) is 10.3. The quantitative estimate of drug-likeness (QED) is 0.902. The lowest BCUT2D eigenvalue weighted by molar-refractivity contribution is 0.581. The zero-order chi connectivity index (χ0) is 13.7. The van der Waals surface area contributed by atoms with Crippen molar-refractivity contribution in [2.24, 2.45) is 0 Å². The highest BCUT2D eigenvalue weighted by atomic mass is 32.2. The Morgan fingerprint density at radius 2 is 1.89 bits per heavy atom. The standard InChI is InChI=1S/C14H14N2O2S/c1-12-11-13(7-9-15-12)8-10-16-19(17,18)14-5-3-2-4-6-14/h1-7,9,11,16H,8,10H2. The molecule has 0 fully saturated rings. The summed E-state index contributed by atoms with van der Waals surface area (Å²) >= 11 is 0. The average molecular weight is 274 g/mol. The fraction of sp³-hybridized carbons (Fsp3) is 0.143. The van der Waals surface area contributed by atoms with E-state index in [0.29, 0.717) is 18.7 Å². The summed E-state index contributed by atoms with van der Waals surface area (Å²) in [6.45, 7) is 5.88. The van der Waals surface area contributed by atoms with Gasteiger partial charge >= 0.3 is 0 Å². The van der Waals surface area contributed by atoms with Gasteiger partial charge in [-0.1, -0.05) is 18.2 Å². The smallest absolute Gasteiger partial charge is 0.240 e. The van der Waals surface area contributed by atoms with Gasteiger partial charge in [-0.05, 0) is 36.2 Å². The van der Waals surface area contributed by atoms with Gasteiger partial charge in [0.2, 0.25) is 10.0 Å². The van der Waals surface area contributed by atoms with Crippen molar-refractivity contribution >= 4 is 10.0 Å². The van der Waals surface area contributed by atoms with E-state index in [2.05, 4.69) is 9.71 Å². The van der Waals surface area contributed by atoms with Crippen LogP contribution < -0.4 is 4.72 Å². The van der Waals surface area contributed by atoms with Crippen LogP contribution in [0.1, 0.15) is 11.3 Å². The lowest BCUT2D eigenvalue weighted by Gasteiger charge is -2.06. The van der Waals surface area contributed by atoms with Gasteiger partial charge in [0.25, 0.3) is 0 Å². The van der Waals surface area contributed by atoms with Crippen molar-refractivity contribution in [1.82, 2.24) is 9.71 Å². The third-order valence-electron chi connectivity index (χ3n) is 2.60. The molecule has 0 amide bonds. The normalized spacial score (nSPS) is 11.4. The predicted molar refractivity (Wildman–Crippen MR) is 73.0 cm³/mol. The maximum Gasteiger partial charge on any atom is 0.240 e. The molecule has 1 aromatic heterocycles. The Balaban J connectivity index is 1.96. The van der Waals surface area contributed by atoms with Gasteiger partial charge in [-0.25, -0.2) is 13.1 Å². The molecule has 0 atom stereocenters. The number of aromatic nitrogens is 1. The molecule has 2 radical (unpaired) electrons. The van der Waals surface area contributed by atoms with Crippen molar-refractivity contribution in [2.45, 2.75) is 11.3 Å². The third-order valence-corrected chi connectivity index (χ3v) is 4.08. The Kier molecular flexibility index (Phi) is 4.29. The molecule has 0 aliphatic heterocycles. The molecule has 4 nitrogen and oxygen atoms in total. The van der Waals surface area contributed by atoms with E-state index in [1.807, 2.05) is 6.07 Å². The predicted octanol–water partition coefficient (Wildman–Crippen LogP) is 1.66. The van der Waals surface area contributed by atoms with E-state index < -0.39 is 10.0 Å². The van der Waals surface area contributed by atoms with Crippen molar-refractivity contribution in [3.05, 3.63) is 66.8 Å². The van der Waals surface area contributed by atoms with Crippen LogP contribution >= 0.6 is 0 Å². The second-order valence-electron chi connectivity index (χ2n) is 4.05. The van der Waals surface area contributed by atoms with E-state index in [9.17, 15) is 8.42 Å². The first-order valence-electron chi connectivity index (χ1n) is 5.83. The number of pyridine rings is 1. The Bertz CT molecular complexity index is 640. The van der Waals surface area contributed by atoms with E-state index in [1.165, 1.54) is 0 Å². The topological polar surface area (TPSA) is 59.1 Å². The fourth-order valence-corrected chi connectivity index (χ4v) is 2.72. The molecule has 1 aromatic carbocycles. The molecule has 0 saturated heterocycles. The number of hydrogen-bond acceptors (Lipinski definition) is 3. The first-order chi connectivity index (χ1) is 9.08. The molecule has 0 saturated carbocycles. The number of nitrogens with one attached hydrogen (secondary N) is 1. The second-order valence-corrected chi connectivity index (χ2v) is 5.82. The van der Waals surface area contributed by atoms with Crippen LogP contribution in [0, 0.1) is 6.92 Å². The maximum absolute atomic E-state index is 11.9. The minimum Gasteiger partial charge on any atom is -0.261 e. The Labute approximate surface area is 113 Å². The zero-order valence-corrected chi connectivity index (χ0v) is 11.1. The molecule has 0 unspecified atom stereocenters. The summed E-state index contributed by atoms with van der Waals surface area (Å²) in [6, 6.07) is 11.8. The second kappa shape index (κ2) is 5.95. The van der Waals surface area contributed by atoms with E-state index >= 15 is 0 Å². The summed E-state index contributed by atoms with van der Waals surface area (Å²) in [5, 5.41) is 0. The molecule has 0 aliphatic carbocycles. The molecular weight excluding hydrogens is 260 g/mol. The molecule has 1 heterocycles. The molecule has 0 spiro atoms. The van der Waals surface area contributed by atoms with Crippen LogP contribution in [0.2, 0.25) is 0 Å². The number of hydrogen-bond donors (Lipinski definition) is 1. The number of rotatable bonds is 5. The first kappa shape index (κ1) is 13.7. The molecule has 5 heteroatoms. The lowest BCUT2D eigenvalue weighted by Crippen LogP contribution is -2.25. The van der Waals surface area contributed by atoms with Crippen molar-refractivity contribution in [3.8, 4) is 0 Å². The SMILES string of the molecule is [CH]c1cc(CCNS(=O)(=O)c2ccccc2)ccn1. The first-order valence-corrected chi connectivity index (χ1v) is 7.31. The van der Waals surface area contributed by atoms with E-state index in [4.69, 9.17) is 6.92 Å². The van der Waals surface area contributed by atoms with E-state index in [-0.39, 0.29) is 4.90 Å². The summed E-state index contributed by atoms with van der Waals surface area (Å²) in [6.07, 6.45) is 2.18. The summed E-state index contributed by atoms with van der Waals surface area (Å²) in [4.78, 5) is 4.15. The van der Waals surface area contributed by atoms with Gasteiger partial charge in [-0.2, -0.15) is 0 Å². The largest absolute Gasteiger partial charge is 0.261 e. The molecule has 98 valence electrons. The van der Waals surface area contributed by atoms with Crippen molar-refractivity contribution < 1.29 is 8.42 Å². The molecular formula is C14H14N2O2S. The Morgan fingerprint density at radius 1 is 1.16 bits per heavy atom. The van der Waals surface area contributed by atoms with Gasteiger partial charge in [-0.15, -0.1) is 0 Å². The maximum atomic E-state index is 11.9. The van der Waals surface area contributed by atoms with Gasteiger partial charge < -0.3 is 0 Å². The highest BCUT2D eigenvalue weighted by molar-refractivity contribution is 7.89. The average Bonchev–Trinajstić information content (AvgIpc) is 2.40. The molecule has 1 N–H and O–H groups in total. The minimum atomic E-state index is -3.44. The molecule has 19 heavy (non-hydrogen) atoms. The van der Waals surface area contributed by atoms with Crippen LogP contribution in [0.15, 0.2) is 53.6 Å². The van der Waals surface area contributed by atoms with Crippen molar-refractivity contribution in [1.29, 1.82) is 0 Å². The van der Waals surface area contributed by atoms with Gasteiger partial charge in [0.1, 0.15) is 0 Å². The Morgan fingerprint density at radius 3 is 2.58 bits per heavy atom. The minimum absolute atomic E-state index is 0.268. The summed E-state index contributed by atoms with van der Waals surface area (Å²) < 4.78 is 26.4. The summed E-state index contributed by atoms with van der Waals surface area (Å²) in [5.41, 5.74) is 1.38. The van der Waals surface area contributed by atoms with Crippen LogP contribution in [0.3, 0.4) is 0 Å². The summed E-state index contributed by atoms with van der Waals surface area (Å²) in [5.74, 6) is 0. The number of benzene rings is 1. The fourth-order valence-electron chi connectivity index (χ4n) is 1.66. The Hall–Kier alpha value is -1.72. The van der Waals surface area contributed by atoms with Gasteiger partial charge in [-0.3, -0.25) is 4.98 Å². The highest BCUT2D eigenvalue weighted by Crippen LogP contribution is 2.07. The lowest BCUT2D eigenvalue weighted by atomic mass is 10.2. The van der Waals surface area contributed by atoms with Crippen LogP contribution in [0.5, 0.6) is 0 Å². The van der Waals surface area contributed by atoms with E-state index in [1.54, 1.807) is 42.6 Å². The molecule has 0 bridgehead atoms. The van der Waals surface area contributed by atoms with Crippen molar-refractivity contribution in [2.75, 3.05) is 6.54 Å². The van der Waals surface area contributed by atoms with Crippen LogP contribution in [-0.2, 0) is 16.4 Å². The third kappa shape index (κ3) is 3.87. The highest BCUT2D eigenvalue weighted by Gasteiger charge is 2.11. The van der Waals surface area contributed by atoms with Crippen LogP contribution in [0.25, 0.3) is 0 Å². The molecule has 0 aliphatic rings. The number of nitrogens with zero attached hydrogens (tertiary/aromatic N) is 1. The van der Waals surface area contributed by atoms with Crippen LogP contribution in [0.4, 0.5) is 0 Å². The molecule has 2 rings (SSSR count).